The minimum atomic E-state index is -3.61. The van der Waals surface area contributed by atoms with E-state index >= 15 is 0 Å². The molecule has 0 aromatic heterocycles. The molecule has 0 saturated carbocycles. The summed E-state index contributed by atoms with van der Waals surface area (Å²) in [6.45, 7) is 2.60. The van der Waals surface area contributed by atoms with Crippen molar-refractivity contribution in [3.63, 3.8) is 0 Å². The molecule has 1 N–H and O–H groups in total. The molecule has 0 unspecified atom stereocenters. The minimum Gasteiger partial charge on any atom is -0.368 e. The van der Waals surface area contributed by atoms with Crippen molar-refractivity contribution in [3.05, 3.63) is 77.9 Å². The van der Waals surface area contributed by atoms with Crippen LogP contribution in [0.1, 0.15) is 24.0 Å². The number of carbonyl (C=O) groups excluding carboxylic acids is 1. The van der Waals surface area contributed by atoms with E-state index in [1.54, 1.807) is 31.1 Å². The summed E-state index contributed by atoms with van der Waals surface area (Å²) in [5.74, 6) is 0.957. The smallest absolute Gasteiger partial charge is 0.242 e. The van der Waals surface area contributed by atoms with Crippen LogP contribution in [0.3, 0.4) is 0 Å². The van der Waals surface area contributed by atoms with E-state index in [4.69, 9.17) is 0 Å². The zero-order valence-corrected chi connectivity index (χ0v) is 21.1. The van der Waals surface area contributed by atoms with E-state index in [0.717, 1.165) is 47.2 Å². The predicted octanol–water partition coefficient (Wildman–Crippen LogP) is 3.29. The van der Waals surface area contributed by atoms with Gasteiger partial charge < -0.3 is 10.2 Å². The van der Waals surface area contributed by atoms with Crippen molar-refractivity contribution in [2.24, 2.45) is 4.99 Å². The van der Waals surface area contributed by atoms with Crippen molar-refractivity contribution >= 4 is 32.5 Å². The average Bonchev–Trinajstić information content (AvgIpc) is 3.42. The van der Waals surface area contributed by atoms with Crippen LogP contribution in [0.4, 0.5) is 0 Å². The Balaban J connectivity index is 1.23. The van der Waals surface area contributed by atoms with E-state index in [-0.39, 0.29) is 17.3 Å². The van der Waals surface area contributed by atoms with Crippen LogP contribution >= 0.6 is 0 Å². The second kappa shape index (κ2) is 11.0. The summed E-state index contributed by atoms with van der Waals surface area (Å²) >= 11 is 0. The first kappa shape index (κ1) is 24.9. The topological polar surface area (TPSA) is 82.1 Å². The van der Waals surface area contributed by atoms with Crippen molar-refractivity contribution in [2.75, 3.05) is 40.3 Å². The van der Waals surface area contributed by atoms with Gasteiger partial charge in [0.05, 0.1) is 11.4 Å². The molecule has 0 spiro atoms. The van der Waals surface area contributed by atoms with Crippen molar-refractivity contribution in [1.82, 2.24) is 14.5 Å². The Morgan fingerprint density at radius 2 is 1.71 bits per heavy atom. The Labute approximate surface area is 207 Å². The highest BCUT2D eigenvalue weighted by Gasteiger charge is 2.21. The average molecular weight is 493 g/mol. The van der Waals surface area contributed by atoms with Crippen molar-refractivity contribution in [2.45, 2.75) is 24.2 Å². The number of fused-ring (bicyclic) bond motifs is 1. The molecule has 1 amide bonds. The summed E-state index contributed by atoms with van der Waals surface area (Å²) in [5, 5.41) is 5.15. The molecule has 35 heavy (non-hydrogen) atoms. The molecule has 4 rings (SSSR count). The first-order valence-electron chi connectivity index (χ1n) is 11.9. The maximum atomic E-state index is 13.0. The molecule has 3 aromatic rings. The number of amides is 1. The van der Waals surface area contributed by atoms with E-state index in [1.807, 2.05) is 30.3 Å². The predicted molar refractivity (Wildman–Crippen MR) is 140 cm³/mol. The number of sulfonamides is 1. The van der Waals surface area contributed by atoms with Crippen LogP contribution in [-0.2, 0) is 21.2 Å². The van der Waals surface area contributed by atoms with Gasteiger partial charge in [0.2, 0.25) is 15.9 Å². The Morgan fingerprint density at radius 1 is 0.971 bits per heavy atom. The summed E-state index contributed by atoms with van der Waals surface area (Å²) in [4.78, 5) is 19.0. The van der Waals surface area contributed by atoms with Gasteiger partial charge in [0.1, 0.15) is 5.84 Å². The first-order valence-corrected chi connectivity index (χ1v) is 13.4. The van der Waals surface area contributed by atoms with Gasteiger partial charge >= 0.3 is 0 Å². The molecule has 0 fully saturated rings. The van der Waals surface area contributed by atoms with Gasteiger partial charge in [-0.25, -0.2) is 12.7 Å². The summed E-state index contributed by atoms with van der Waals surface area (Å²) in [6.07, 6.45) is 1.54. The number of amidine groups is 1. The van der Waals surface area contributed by atoms with Crippen LogP contribution in [-0.4, -0.2) is 69.6 Å². The molecule has 1 aliphatic rings. The monoisotopic (exact) mass is 492 g/mol. The number of aliphatic imine (C=N–C) groups is 1. The van der Waals surface area contributed by atoms with Crippen LogP contribution in [0.25, 0.3) is 10.8 Å². The van der Waals surface area contributed by atoms with E-state index in [1.165, 1.54) is 4.31 Å². The molecular weight excluding hydrogens is 460 g/mol. The van der Waals surface area contributed by atoms with Crippen molar-refractivity contribution in [1.29, 1.82) is 0 Å². The summed E-state index contributed by atoms with van der Waals surface area (Å²) in [6, 6.07) is 21.1. The van der Waals surface area contributed by atoms with Gasteiger partial charge in [-0.2, -0.15) is 0 Å². The molecule has 0 atom stereocenters. The van der Waals surface area contributed by atoms with Crippen LogP contribution in [0.2, 0.25) is 0 Å². The molecular formula is C27H32N4O3S. The van der Waals surface area contributed by atoms with Gasteiger partial charge in [-0.05, 0) is 41.3 Å². The van der Waals surface area contributed by atoms with Crippen molar-refractivity contribution in [3.8, 4) is 0 Å². The van der Waals surface area contributed by atoms with Gasteiger partial charge in [0, 0.05) is 45.7 Å². The highest BCUT2D eigenvalue weighted by atomic mass is 32.2. The minimum absolute atomic E-state index is 0.0163. The van der Waals surface area contributed by atoms with E-state index in [2.05, 4.69) is 34.6 Å². The van der Waals surface area contributed by atoms with Crippen LogP contribution in [0.15, 0.2) is 76.6 Å². The first-order chi connectivity index (χ1) is 16.8. The maximum Gasteiger partial charge on any atom is 0.242 e. The standard InChI is InChI=1S/C27H32N4O3S/c1-30(19-15-21-9-11-23(12-10-21)27-28-16-17-29-27)26(32)8-5-18-31(2)35(33,34)25-14-13-22-6-3-4-7-24(22)20-25/h3-4,6-7,9-14,20H,5,8,15-19H2,1-2H3,(H,28,29). The second-order valence-corrected chi connectivity index (χ2v) is 10.9. The Hall–Kier alpha value is -3.23. The molecule has 184 valence electrons. The molecule has 1 aliphatic heterocycles. The molecule has 1 heterocycles. The fraction of sp³-hybridized carbons (Fsp3) is 0.333. The summed E-state index contributed by atoms with van der Waals surface area (Å²) in [5.41, 5.74) is 2.24. The van der Waals surface area contributed by atoms with Gasteiger partial charge in [0.25, 0.3) is 0 Å². The summed E-state index contributed by atoms with van der Waals surface area (Å²) < 4.78 is 27.3. The van der Waals surface area contributed by atoms with E-state index in [9.17, 15) is 13.2 Å². The van der Waals surface area contributed by atoms with Gasteiger partial charge in [-0.1, -0.05) is 54.6 Å². The number of hydrogen-bond donors (Lipinski definition) is 1. The zero-order chi connectivity index (χ0) is 24.8. The van der Waals surface area contributed by atoms with Gasteiger partial charge in [0.15, 0.2) is 0 Å². The third kappa shape index (κ3) is 6.07. The second-order valence-electron chi connectivity index (χ2n) is 8.86. The lowest BCUT2D eigenvalue weighted by molar-refractivity contribution is -0.130. The largest absolute Gasteiger partial charge is 0.368 e. The zero-order valence-electron chi connectivity index (χ0n) is 20.3. The van der Waals surface area contributed by atoms with Crippen LogP contribution in [0, 0.1) is 0 Å². The number of carbonyl (C=O) groups is 1. The third-order valence-electron chi connectivity index (χ3n) is 6.36. The number of likely N-dealkylation sites (N-methyl/N-ethyl adjacent to an activating group) is 1. The number of nitrogens with one attached hydrogen (secondary N) is 1. The Kier molecular flexibility index (Phi) is 7.83. The fourth-order valence-electron chi connectivity index (χ4n) is 4.11. The maximum absolute atomic E-state index is 13.0. The number of hydrogen-bond acceptors (Lipinski definition) is 5. The van der Waals surface area contributed by atoms with Gasteiger partial charge in [-0.3, -0.25) is 9.79 Å². The lowest BCUT2D eigenvalue weighted by atomic mass is 10.1. The molecule has 0 radical (unpaired) electrons. The third-order valence-corrected chi connectivity index (χ3v) is 8.21. The number of benzene rings is 3. The Morgan fingerprint density at radius 3 is 2.43 bits per heavy atom. The number of nitrogens with zero attached hydrogens (tertiary/aromatic N) is 3. The molecule has 7 nitrogen and oxygen atoms in total. The lowest BCUT2D eigenvalue weighted by Crippen LogP contribution is -2.31. The molecule has 0 saturated heterocycles. The molecule has 0 bridgehead atoms. The number of rotatable bonds is 10. The lowest BCUT2D eigenvalue weighted by Gasteiger charge is -2.20. The van der Waals surface area contributed by atoms with Crippen molar-refractivity contribution < 1.29 is 13.2 Å². The van der Waals surface area contributed by atoms with Gasteiger partial charge in [-0.15, -0.1) is 0 Å². The highest BCUT2D eigenvalue weighted by Crippen LogP contribution is 2.21. The molecule has 0 aliphatic carbocycles. The SMILES string of the molecule is CN(CCc1ccc(C2=NCCN2)cc1)C(=O)CCCN(C)S(=O)(=O)c1ccc2ccccc2c1. The molecule has 3 aromatic carbocycles. The van der Waals surface area contributed by atoms with Crippen LogP contribution in [0.5, 0.6) is 0 Å². The quantitative estimate of drug-likeness (QED) is 0.471. The summed E-state index contributed by atoms with van der Waals surface area (Å²) in [7, 11) is -0.250. The Bertz CT molecular complexity index is 1320. The normalized spacial score (nSPS) is 13.6. The highest BCUT2D eigenvalue weighted by molar-refractivity contribution is 7.89. The fourth-order valence-corrected chi connectivity index (χ4v) is 5.36. The van der Waals surface area contributed by atoms with E-state index in [0.29, 0.717) is 19.4 Å². The van der Waals surface area contributed by atoms with E-state index < -0.39 is 10.0 Å². The van der Waals surface area contributed by atoms with Crippen LogP contribution < -0.4 is 5.32 Å². The molecule has 8 heteroatoms.